The fraction of sp³-hybridized carbons (Fsp3) is 0.300. The third-order valence-corrected chi connectivity index (χ3v) is 1.71. The van der Waals surface area contributed by atoms with E-state index in [9.17, 15) is 5.11 Å². The molecule has 1 heterocycles. The van der Waals surface area contributed by atoms with Crippen LogP contribution in [0.2, 0.25) is 0 Å². The largest absolute Gasteiger partial charge is 0.388 e. The first-order valence-corrected chi connectivity index (χ1v) is 4.03. The van der Waals surface area contributed by atoms with Gasteiger partial charge in [-0.25, -0.2) is 0 Å². The summed E-state index contributed by atoms with van der Waals surface area (Å²) >= 11 is 0. The highest BCUT2D eigenvalue weighted by Gasteiger charge is 2.04. The van der Waals surface area contributed by atoms with Crippen LogP contribution in [0.15, 0.2) is 37.2 Å². The molecule has 1 aromatic rings. The van der Waals surface area contributed by atoms with Gasteiger partial charge in [-0.05, 0) is 24.5 Å². The molecule has 1 aromatic heterocycles. The summed E-state index contributed by atoms with van der Waals surface area (Å²) in [5.74, 6) is 0. The number of aliphatic hydroxyl groups is 1. The molecule has 0 aliphatic carbocycles. The Kier molecular flexibility index (Phi) is 3.48. The average molecular weight is 163 g/mol. The van der Waals surface area contributed by atoms with E-state index in [1.54, 1.807) is 18.5 Å². The Hall–Kier alpha value is -1.15. The van der Waals surface area contributed by atoms with Crippen molar-refractivity contribution in [2.75, 3.05) is 0 Å². The number of hydrogen-bond acceptors (Lipinski definition) is 2. The Morgan fingerprint density at radius 2 is 2.50 bits per heavy atom. The number of rotatable bonds is 4. The van der Waals surface area contributed by atoms with Gasteiger partial charge in [-0.3, -0.25) is 4.98 Å². The standard InChI is InChI=1S/C10H13NO/c1-2-3-6-10(12)9-5-4-7-11-8-9/h2,4-5,7-8,10,12H,1,3,6H2/t10-/m0/s1. The molecule has 0 aliphatic rings. The van der Waals surface area contributed by atoms with Crippen molar-refractivity contribution in [1.29, 1.82) is 0 Å². The Morgan fingerprint density at radius 1 is 1.67 bits per heavy atom. The van der Waals surface area contributed by atoms with Crippen molar-refractivity contribution in [3.8, 4) is 0 Å². The number of nitrogens with zero attached hydrogens (tertiary/aromatic N) is 1. The second kappa shape index (κ2) is 4.67. The lowest BCUT2D eigenvalue weighted by Gasteiger charge is -2.07. The normalized spacial score (nSPS) is 12.4. The second-order valence-electron chi connectivity index (χ2n) is 2.67. The van der Waals surface area contributed by atoms with Crippen LogP contribution in [0.3, 0.4) is 0 Å². The molecule has 0 aromatic carbocycles. The van der Waals surface area contributed by atoms with Crippen molar-refractivity contribution in [2.45, 2.75) is 18.9 Å². The molecule has 1 N–H and O–H groups in total. The highest BCUT2D eigenvalue weighted by molar-refractivity contribution is 5.11. The lowest BCUT2D eigenvalue weighted by atomic mass is 10.1. The molecule has 0 saturated carbocycles. The van der Waals surface area contributed by atoms with Crippen LogP contribution in [-0.2, 0) is 0 Å². The molecular formula is C10H13NO. The van der Waals surface area contributed by atoms with E-state index in [0.717, 1.165) is 18.4 Å². The average Bonchev–Trinajstić information content (AvgIpc) is 2.15. The second-order valence-corrected chi connectivity index (χ2v) is 2.67. The predicted octanol–water partition coefficient (Wildman–Crippen LogP) is 2.08. The Balaban J connectivity index is 2.53. The summed E-state index contributed by atoms with van der Waals surface area (Å²) in [7, 11) is 0. The number of allylic oxidation sites excluding steroid dienone is 1. The fourth-order valence-electron chi connectivity index (χ4n) is 1.02. The first-order valence-electron chi connectivity index (χ1n) is 4.03. The van der Waals surface area contributed by atoms with E-state index >= 15 is 0 Å². The fourth-order valence-corrected chi connectivity index (χ4v) is 1.02. The van der Waals surface area contributed by atoms with Crippen LogP contribution in [0.4, 0.5) is 0 Å². The van der Waals surface area contributed by atoms with E-state index in [-0.39, 0.29) is 0 Å². The summed E-state index contributed by atoms with van der Waals surface area (Å²) in [6.07, 6.45) is 6.33. The van der Waals surface area contributed by atoms with Crippen molar-refractivity contribution in [3.05, 3.63) is 42.7 Å². The van der Waals surface area contributed by atoms with Crippen LogP contribution in [0, 0.1) is 0 Å². The van der Waals surface area contributed by atoms with Gasteiger partial charge in [0.1, 0.15) is 0 Å². The quantitative estimate of drug-likeness (QED) is 0.689. The minimum atomic E-state index is -0.406. The Bertz CT molecular complexity index is 233. The molecule has 2 nitrogen and oxygen atoms in total. The van der Waals surface area contributed by atoms with Gasteiger partial charge in [0.2, 0.25) is 0 Å². The molecule has 1 atom stereocenters. The summed E-state index contributed by atoms with van der Waals surface area (Å²) < 4.78 is 0. The minimum Gasteiger partial charge on any atom is -0.388 e. The molecular weight excluding hydrogens is 150 g/mol. The first kappa shape index (κ1) is 8.94. The maximum Gasteiger partial charge on any atom is 0.0807 e. The SMILES string of the molecule is C=CCC[C@H](O)c1cccnc1. The lowest BCUT2D eigenvalue weighted by Crippen LogP contribution is -1.96. The smallest absolute Gasteiger partial charge is 0.0807 e. The van der Waals surface area contributed by atoms with E-state index in [2.05, 4.69) is 11.6 Å². The zero-order valence-electron chi connectivity index (χ0n) is 6.98. The third kappa shape index (κ3) is 2.47. The van der Waals surface area contributed by atoms with Crippen LogP contribution >= 0.6 is 0 Å². The van der Waals surface area contributed by atoms with Crippen LogP contribution < -0.4 is 0 Å². The van der Waals surface area contributed by atoms with Gasteiger partial charge < -0.3 is 5.11 Å². The van der Waals surface area contributed by atoms with Crippen molar-refractivity contribution in [2.24, 2.45) is 0 Å². The number of aliphatic hydroxyl groups excluding tert-OH is 1. The zero-order valence-corrected chi connectivity index (χ0v) is 6.98. The summed E-state index contributed by atoms with van der Waals surface area (Å²) in [6.45, 7) is 3.60. The minimum absolute atomic E-state index is 0.406. The molecule has 0 unspecified atom stereocenters. The molecule has 0 amide bonds. The molecule has 2 heteroatoms. The van der Waals surface area contributed by atoms with Crippen LogP contribution in [0.1, 0.15) is 24.5 Å². The van der Waals surface area contributed by atoms with E-state index in [1.165, 1.54) is 0 Å². The van der Waals surface area contributed by atoms with Gasteiger partial charge in [-0.1, -0.05) is 12.1 Å². The number of pyridine rings is 1. The molecule has 0 spiro atoms. The van der Waals surface area contributed by atoms with Gasteiger partial charge in [-0.2, -0.15) is 0 Å². The van der Waals surface area contributed by atoms with E-state index < -0.39 is 6.10 Å². The molecule has 64 valence electrons. The van der Waals surface area contributed by atoms with Crippen molar-refractivity contribution >= 4 is 0 Å². The Morgan fingerprint density at radius 3 is 3.08 bits per heavy atom. The Labute approximate surface area is 72.6 Å². The van der Waals surface area contributed by atoms with Crippen LogP contribution in [0.5, 0.6) is 0 Å². The van der Waals surface area contributed by atoms with Gasteiger partial charge in [-0.15, -0.1) is 6.58 Å². The summed E-state index contributed by atoms with van der Waals surface area (Å²) in [5.41, 5.74) is 0.874. The van der Waals surface area contributed by atoms with Crippen LogP contribution in [-0.4, -0.2) is 10.1 Å². The van der Waals surface area contributed by atoms with Gasteiger partial charge in [0, 0.05) is 12.4 Å². The van der Waals surface area contributed by atoms with E-state index in [0.29, 0.717) is 0 Å². The summed E-state index contributed by atoms with van der Waals surface area (Å²) in [6, 6.07) is 3.70. The monoisotopic (exact) mass is 163 g/mol. The highest BCUT2D eigenvalue weighted by atomic mass is 16.3. The number of hydrogen-bond donors (Lipinski definition) is 1. The predicted molar refractivity (Wildman–Crippen MR) is 48.6 cm³/mol. The molecule has 0 aliphatic heterocycles. The molecule has 0 fully saturated rings. The van der Waals surface area contributed by atoms with E-state index in [4.69, 9.17) is 0 Å². The molecule has 0 radical (unpaired) electrons. The lowest BCUT2D eigenvalue weighted by molar-refractivity contribution is 0.168. The van der Waals surface area contributed by atoms with Gasteiger partial charge >= 0.3 is 0 Å². The first-order chi connectivity index (χ1) is 5.84. The molecule has 0 bridgehead atoms. The maximum absolute atomic E-state index is 9.56. The molecule has 0 saturated heterocycles. The van der Waals surface area contributed by atoms with Gasteiger partial charge in [0.25, 0.3) is 0 Å². The van der Waals surface area contributed by atoms with Gasteiger partial charge in [0.15, 0.2) is 0 Å². The topological polar surface area (TPSA) is 33.1 Å². The third-order valence-electron chi connectivity index (χ3n) is 1.71. The van der Waals surface area contributed by atoms with Crippen molar-refractivity contribution in [1.82, 2.24) is 4.98 Å². The van der Waals surface area contributed by atoms with E-state index in [1.807, 2.05) is 12.1 Å². The molecule has 12 heavy (non-hydrogen) atoms. The van der Waals surface area contributed by atoms with Gasteiger partial charge in [0.05, 0.1) is 6.10 Å². The summed E-state index contributed by atoms with van der Waals surface area (Å²) in [5, 5.41) is 9.56. The molecule has 1 rings (SSSR count). The maximum atomic E-state index is 9.56. The summed E-state index contributed by atoms with van der Waals surface area (Å²) in [4.78, 5) is 3.93. The zero-order chi connectivity index (χ0) is 8.81. The number of aromatic nitrogens is 1. The highest BCUT2D eigenvalue weighted by Crippen LogP contribution is 2.16. The van der Waals surface area contributed by atoms with Crippen molar-refractivity contribution in [3.63, 3.8) is 0 Å². The van der Waals surface area contributed by atoms with Crippen molar-refractivity contribution < 1.29 is 5.11 Å². The van der Waals surface area contributed by atoms with Crippen LogP contribution in [0.25, 0.3) is 0 Å².